The maximum atomic E-state index is 12.8. The van der Waals surface area contributed by atoms with E-state index in [1.54, 1.807) is 7.11 Å². The summed E-state index contributed by atoms with van der Waals surface area (Å²) in [6.45, 7) is 0.721. The molecule has 1 heterocycles. The first-order chi connectivity index (χ1) is 11.1. The highest BCUT2D eigenvalue weighted by Crippen LogP contribution is 2.43. The van der Waals surface area contributed by atoms with Crippen molar-refractivity contribution in [3.05, 3.63) is 29.8 Å². The van der Waals surface area contributed by atoms with Gasteiger partial charge in [0, 0.05) is 6.54 Å². The maximum absolute atomic E-state index is 12.8. The van der Waals surface area contributed by atoms with Crippen LogP contribution in [0.4, 0.5) is 0 Å². The van der Waals surface area contributed by atoms with Gasteiger partial charge in [0.25, 0.3) is 0 Å². The monoisotopic (exact) mass is 317 g/mol. The first kappa shape index (κ1) is 15.8. The van der Waals surface area contributed by atoms with Crippen molar-refractivity contribution in [3.63, 3.8) is 0 Å². The molecule has 1 aromatic rings. The van der Waals surface area contributed by atoms with Crippen molar-refractivity contribution in [3.8, 4) is 5.75 Å². The molecule has 1 aliphatic heterocycles. The maximum Gasteiger partial charge on any atom is 0.307 e. The van der Waals surface area contributed by atoms with Crippen LogP contribution in [0.1, 0.15) is 43.7 Å². The quantitative estimate of drug-likeness (QED) is 0.927. The SMILES string of the molecule is COc1ccc(C2CCCCCN2C(=O)C2CC2C(=O)O)cc1. The number of rotatable bonds is 4. The van der Waals surface area contributed by atoms with Crippen molar-refractivity contribution < 1.29 is 19.4 Å². The second kappa shape index (κ2) is 6.60. The van der Waals surface area contributed by atoms with E-state index in [0.29, 0.717) is 6.42 Å². The van der Waals surface area contributed by atoms with Gasteiger partial charge >= 0.3 is 5.97 Å². The molecule has 1 saturated heterocycles. The van der Waals surface area contributed by atoms with Crippen LogP contribution in [0.2, 0.25) is 0 Å². The van der Waals surface area contributed by atoms with E-state index in [1.165, 1.54) is 0 Å². The molecular weight excluding hydrogens is 294 g/mol. The van der Waals surface area contributed by atoms with E-state index in [4.69, 9.17) is 9.84 Å². The smallest absolute Gasteiger partial charge is 0.307 e. The third-order valence-corrected chi connectivity index (χ3v) is 4.96. The Kier molecular flexibility index (Phi) is 4.55. The molecule has 1 N–H and O–H groups in total. The van der Waals surface area contributed by atoms with Crippen LogP contribution >= 0.6 is 0 Å². The van der Waals surface area contributed by atoms with Crippen LogP contribution in [0.15, 0.2) is 24.3 Å². The van der Waals surface area contributed by atoms with Crippen molar-refractivity contribution in [2.45, 2.75) is 38.1 Å². The number of methoxy groups -OCH3 is 1. The molecule has 5 nitrogen and oxygen atoms in total. The molecule has 0 aromatic heterocycles. The number of ether oxygens (including phenoxy) is 1. The number of carbonyl (C=O) groups excluding carboxylic acids is 1. The molecule has 2 aliphatic rings. The molecule has 1 amide bonds. The molecule has 0 spiro atoms. The summed E-state index contributed by atoms with van der Waals surface area (Å²) in [6.07, 6.45) is 4.61. The van der Waals surface area contributed by atoms with Crippen molar-refractivity contribution in [2.24, 2.45) is 11.8 Å². The second-order valence-electron chi connectivity index (χ2n) is 6.46. The zero-order chi connectivity index (χ0) is 16.4. The van der Waals surface area contributed by atoms with Crippen molar-refractivity contribution in [1.82, 2.24) is 4.90 Å². The summed E-state index contributed by atoms with van der Waals surface area (Å²) in [6, 6.07) is 7.90. The molecule has 3 atom stereocenters. The van der Waals surface area contributed by atoms with Crippen LogP contribution in [-0.2, 0) is 9.59 Å². The Balaban J connectivity index is 1.79. The minimum atomic E-state index is -0.848. The third-order valence-electron chi connectivity index (χ3n) is 4.96. The van der Waals surface area contributed by atoms with Gasteiger partial charge in [-0.1, -0.05) is 25.0 Å². The van der Waals surface area contributed by atoms with Crippen molar-refractivity contribution >= 4 is 11.9 Å². The second-order valence-corrected chi connectivity index (χ2v) is 6.46. The third kappa shape index (κ3) is 3.33. The number of hydrogen-bond donors (Lipinski definition) is 1. The number of likely N-dealkylation sites (tertiary alicyclic amines) is 1. The Labute approximate surface area is 136 Å². The Hall–Kier alpha value is -2.04. The summed E-state index contributed by atoms with van der Waals surface area (Å²) in [7, 11) is 1.63. The van der Waals surface area contributed by atoms with Gasteiger partial charge < -0.3 is 14.7 Å². The molecule has 23 heavy (non-hydrogen) atoms. The van der Waals surface area contributed by atoms with Gasteiger partial charge in [-0.3, -0.25) is 9.59 Å². The molecule has 3 rings (SSSR count). The summed E-state index contributed by atoms with van der Waals surface area (Å²) in [5.74, 6) is -0.846. The molecule has 0 radical (unpaired) electrons. The number of carboxylic acids is 1. The summed E-state index contributed by atoms with van der Waals surface area (Å²) in [4.78, 5) is 25.8. The predicted molar refractivity (Wildman–Crippen MR) is 85.1 cm³/mol. The van der Waals surface area contributed by atoms with E-state index in [0.717, 1.165) is 43.5 Å². The predicted octanol–water partition coefficient (Wildman–Crippen LogP) is 2.86. The Morgan fingerprint density at radius 3 is 2.48 bits per heavy atom. The lowest BCUT2D eigenvalue weighted by molar-refractivity contribution is -0.142. The number of amides is 1. The fourth-order valence-electron chi connectivity index (χ4n) is 3.50. The average molecular weight is 317 g/mol. The van der Waals surface area contributed by atoms with Crippen molar-refractivity contribution in [2.75, 3.05) is 13.7 Å². The van der Waals surface area contributed by atoms with Gasteiger partial charge in [-0.05, 0) is 37.0 Å². The molecule has 124 valence electrons. The Morgan fingerprint density at radius 2 is 1.87 bits per heavy atom. The van der Waals surface area contributed by atoms with Gasteiger partial charge in [0.2, 0.25) is 5.91 Å². The molecule has 1 aliphatic carbocycles. The van der Waals surface area contributed by atoms with Gasteiger partial charge in [-0.2, -0.15) is 0 Å². The van der Waals surface area contributed by atoms with Crippen LogP contribution in [0.3, 0.4) is 0 Å². The minimum absolute atomic E-state index is 0.0140. The molecule has 2 fully saturated rings. The largest absolute Gasteiger partial charge is 0.497 e. The normalized spacial score (nSPS) is 27.2. The van der Waals surface area contributed by atoms with Crippen LogP contribution < -0.4 is 4.74 Å². The Bertz CT molecular complexity index is 583. The molecule has 0 bridgehead atoms. The molecule has 1 saturated carbocycles. The summed E-state index contributed by atoms with van der Waals surface area (Å²) in [5, 5.41) is 9.08. The lowest BCUT2D eigenvalue weighted by Crippen LogP contribution is -2.36. The Morgan fingerprint density at radius 1 is 1.13 bits per heavy atom. The molecule has 3 unspecified atom stereocenters. The van der Waals surface area contributed by atoms with Gasteiger partial charge in [-0.15, -0.1) is 0 Å². The molecule has 5 heteroatoms. The highest BCUT2D eigenvalue weighted by Gasteiger charge is 2.50. The number of hydrogen-bond acceptors (Lipinski definition) is 3. The van der Waals surface area contributed by atoms with Crippen LogP contribution in [0.25, 0.3) is 0 Å². The number of aliphatic carboxylic acids is 1. The van der Waals surface area contributed by atoms with Crippen LogP contribution in [-0.4, -0.2) is 35.5 Å². The van der Waals surface area contributed by atoms with Gasteiger partial charge in [0.05, 0.1) is 25.0 Å². The first-order valence-electron chi connectivity index (χ1n) is 8.29. The molecular formula is C18H23NO4. The summed E-state index contributed by atoms with van der Waals surface area (Å²) < 4.78 is 5.20. The van der Waals surface area contributed by atoms with E-state index in [-0.39, 0.29) is 17.9 Å². The standard InChI is InChI=1S/C18H23NO4/c1-23-13-8-6-12(7-9-13)16-5-3-2-4-10-19(16)17(20)14-11-15(14)18(21)22/h6-9,14-16H,2-5,10-11H2,1H3,(H,21,22). The fraction of sp³-hybridized carbons (Fsp3) is 0.556. The van der Waals surface area contributed by atoms with Crippen LogP contribution in [0, 0.1) is 11.8 Å². The van der Waals surface area contributed by atoms with Crippen LogP contribution in [0.5, 0.6) is 5.75 Å². The number of benzene rings is 1. The molecule has 1 aromatic carbocycles. The number of carboxylic acid groups (broad SMARTS) is 1. The van der Waals surface area contributed by atoms with E-state index in [9.17, 15) is 9.59 Å². The van der Waals surface area contributed by atoms with E-state index >= 15 is 0 Å². The van der Waals surface area contributed by atoms with Crippen molar-refractivity contribution in [1.29, 1.82) is 0 Å². The number of carbonyl (C=O) groups is 2. The highest BCUT2D eigenvalue weighted by atomic mass is 16.5. The van der Waals surface area contributed by atoms with E-state index in [2.05, 4.69) is 0 Å². The highest BCUT2D eigenvalue weighted by molar-refractivity contribution is 5.89. The lowest BCUT2D eigenvalue weighted by atomic mass is 10.00. The van der Waals surface area contributed by atoms with Gasteiger partial charge in [0.1, 0.15) is 5.75 Å². The summed E-state index contributed by atoms with van der Waals surface area (Å²) >= 11 is 0. The topological polar surface area (TPSA) is 66.8 Å². The van der Waals surface area contributed by atoms with E-state index in [1.807, 2.05) is 29.2 Å². The number of nitrogens with zero attached hydrogens (tertiary/aromatic N) is 1. The average Bonchev–Trinajstić information content (AvgIpc) is 3.37. The van der Waals surface area contributed by atoms with E-state index < -0.39 is 11.9 Å². The fourth-order valence-corrected chi connectivity index (χ4v) is 3.50. The first-order valence-corrected chi connectivity index (χ1v) is 8.29. The summed E-state index contributed by atoms with van der Waals surface area (Å²) in [5.41, 5.74) is 1.11. The zero-order valence-electron chi connectivity index (χ0n) is 13.4. The van der Waals surface area contributed by atoms with Gasteiger partial charge in [0.15, 0.2) is 0 Å². The van der Waals surface area contributed by atoms with Gasteiger partial charge in [-0.25, -0.2) is 0 Å². The minimum Gasteiger partial charge on any atom is -0.497 e. The lowest BCUT2D eigenvalue weighted by Gasteiger charge is -2.31. The zero-order valence-corrected chi connectivity index (χ0v) is 13.4.